The lowest BCUT2D eigenvalue weighted by Gasteiger charge is -2.30. The maximum atomic E-state index is 11.2. The van der Waals surface area contributed by atoms with Crippen LogP contribution in [0.15, 0.2) is 18.2 Å². The molecule has 0 bridgehead atoms. The quantitative estimate of drug-likeness (QED) is 0.876. The highest BCUT2D eigenvalue weighted by Crippen LogP contribution is 2.30. The predicted octanol–water partition coefficient (Wildman–Crippen LogP) is 3.02. The third-order valence-electron chi connectivity index (χ3n) is 3.70. The Morgan fingerprint density at radius 3 is 2.95 bits per heavy atom. The molecule has 1 heterocycles. The summed E-state index contributed by atoms with van der Waals surface area (Å²) in [6, 6.07) is 5.98. The van der Waals surface area contributed by atoms with Crippen molar-refractivity contribution in [3.05, 3.63) is 18.2 Å². The molecule has 1 aliphatic heterocycles. The molecule has 5 heteroatoms. The molecule has 2 rings (SSSR count). The van der Waals surface area contributed by atoms with Gasteiger partial charge in [-0.1, -0.05) is 6.92 Å². The third-order valence-corrected chi connectivity index (χ3v) is 3.70. The van der Waals surface area contributed by atoms with E-state index >= 15 is 0 Å². The van der Waals surface area contributed by atoms with Crippen molar-refractivity contribution in [2.75, 3.05) is 24.4 Å². The highest BCUT2D eigenvalue weighted by atomic mass is 16.5. The molecule has 0 aliphatic carbocycles. The van der Waals surface area contributed by atoms with Gasteiger partial charge in [-0.05, 0) is 37.5 Å². The van der Waals surface area contributed by atoms with Crippen molar-refractivity contribution in [2.24, 2.45) is 0 Å². The van der Waals surface area contributed by atoms with Crippen molar-refractivity contribution < 1.29 is 14.3 Å². The maximum Gasteiger partial charge on any atom is 0.221 e. The Morgan fingerprint density at radius 1 is 1.48 bits per heavy atom. The van der Waals surface area contributed by atoms with E-state index in [1.54, 1.807) is 7.11 Å². The molecule has 1 fully saturated rings. The molecule has 1 aromatic rings. The number of anilines is 2. The number of hydrogen-bond acceptors (Lipinski definition) is 4. The number of rotatable bonds is 5. The van der Waals surface area contributed by atoms with Gasteiger partial charge in [-0.2, -0.15) is 0 Å². The number of benzene rings is 1. The van der Waals surface area contributed by atoms with E-state index in [0.29, 0.717) is 12.1 Å². The molecule has 1 saturated heterocycles. The lowest BCUT2D eigenvalue weighted by molar-refractivity contribution is -0.114. The minimum atomic E-state index is -0.0803. The summed E-state index contributed by atoms with van der Waals surface area (Å²) in [7, 11) is 1.65. The summed E-state index contributed by atoms with van der Waals surface area (Å²) in [5.41, 5.74) is 1.68. The first-order valence-corrected chi connectivity index (χ1v) is 7.46. The van der Waals surface area contributed by atoms with E-state index in [4.69, 9.17) is 9.47 Å². The Labute approximate surface area is 126 Å². The number of methoxy groups -OCH3 is 1. The van der Waals surface area contributed by atoms with Crippen LogP contribution in [0.25, 0.3) is 0 Å². The van der Waals surface area contributed by atoms with Gasteiger partial charge in [0, 0.05) is 25.3 Å². The van der Waals surface area contributed by atoms with E-state index in [2.05, 4.69) is 17.6 Å². The summed E-state index contributed by atoms with van der Waals surface area (Å²) < 4.78 is 11.1. The Bertz CT molecular complexity index is 490. The van der Waals surface area contributed by atoms with Crippen LogP contribution in [0.4, 0.5) is 11.4 Å². The van der Waals surface area contributed by atoms with Gasteiger partial charge >= 0.3 is 0 Å². The van der Waals surface area contributed by atoms with Gasteiger partial charge in [-0.3, -0.25) is 4.79 Å². The molecular weight excluding hydrogens is 268 g/mol. The van der Waals surface area contributed by atoms with E-state index in [9.17, 15) is 4.79 Å². The average Bonchev–Trinajstić information content (AvgIpc) is 2.47. The maximum absolute atomic E-state index is 11.2. The standard InChI is InChI=1S/C16H24N2O3/c1-4-14-9-13(7-8-21-14)18-15-10-12(17-11(2)19)5-6-16(15)20-3/h5-6,10,13-14,18H,4,7-9H2,1-3H3,(H,17,19). The minimum Gasteiger partial charge on any atom is -0.495 e. The molecule has 2 unspecified atom stereocenters. The van der Waals surface area contributed by atoms with Gasteiger partial charge < -0.3 is 20.1 Å². The average molecular weight is 292 g/mol. The summed E-state index contributed by atoms with van der Waals surface area (Å²) in [6.45, 7) is 4.43. The van der Waals surface area contributed by atoms with Crippen molar-refractivity contribution in [3.63, 3.8) is 0 Å². The molecule has 1 aliphatic rings. The van der Waals surface area contributed by atoms with Gasteiger partial charge in [-0.25, -0.2) is 0 Å². The number of hydrogen-bond donors (Lipinski definition) is 2. The van der Waals surface area contributed by atoms with Gasteiger partial charge in [0.2, 0.25) is 5.91 Å². The summed E-state index contributed by atoms with van der Waals surface area (Å²) in [5.74, 6) is 0.701. The zero-order valence-corrected chi connectivity index (χ0v) is 12.9. The van der Waals surface area contributed by atoms with Crippen LogP contribution in [0.1, 0.15) is 33.1 Å². The number of ether oxygens (including phenoxy) is 2. The zero-order chi connectivity index (χ0) is 15.2. The lowest BCUT2D eigenvalue weighted by atomic mass is 10.0. The Hall–Kier alpha value is -1.75. The highest BCUT2D eigenvalue weighted by Gasteiger charge is 2.22. The second-order valence-corrected chi connectivity index (χ2v) is 5.36. The monoisotopic (exact) mass is 292 g/mol. The SMILES string of the molecule is CCC1CC(Nc2cc(NC(C)=O)ccc2OC)CCO1. The predicted molar refractivity (Wildman–Crippen MR) is 84.0 cm³/mol. The van der Waals surface area contributed by atoms with Gasteiger partial charge in [0.1, 0.15) is 5.75 Å². The summed E-state index contributed by atoms with van der Waals surface area (Å²) in [5, 5.41) is 6.32. The molecule has 1 amide bonds. The highest BCUT2D eigenvalue weighted by molar-refractivity contribution is 5.89. The fourth-order valence-corrected chi connectivity index (χ4v) is 2.62. The van der Waals surface area contributed by atoms with Crippen molar-refractivity contribution >= 4 is 17.3 Å². The second kappa shape index (κ2) is 7.31. The number of amides is 1. The first-order valence-electron chi connectivity index (χ1n) is 7.46. The van der Waals surface area contributed by atoms with E-state index < -0.39 is 0 Å². The molecule has 0 aromatic heterocycles. The first kappa shape index (κ1) is 15.6. The third kappa shape index (κ3) is 4.36. The second-order valence-electron chi connectivity index (χ2n) is 5.36. The van der Waals surface area contributed by atoms with Crippen LogP contribution in [-0.4, -0.2) is 31.8 Å². The van der Waals surface area contributed by atoms with Gasteiger partial charge in [-0.15, -0.1) is 0 Å². The van der Waals surface area contributed by atoms with Gasteiger partial charge in [0.25, 0.3) is 0 Å². The Morgan fingerprint density at radius 2 is 2.29 bits per heavy atom. The van der Waals surface area contributed by atoms with Crippen LogP contribution in [0.2, 0.25) is 0 Å². The van der Waals surface area contributed by atoms with Crippen LogP contribution in [0.3, 0.4) is 0 Å². The largest absolute Gasteiger partial charge is 0.495 e. The molecule has 116 valence electrons. The van der Waals surface area contributed by atoms with Crippen LogP contribution in [0, 0.1) is 0 Å². The van der Waals surface area contributed by atoms with Crippen LogP contribution in [0.5, 0.6) is 5.75 Å². The number of nitrogens with one attached hydrogen (secondary N) is 2. The molecule has 0 spiro atoms. The summed E-state index contributed by atoms with van der Waals surface area (Å²) >= 11 is 0. The van der Waals surface area contributed by atoms with E-state index in [-0.39, 0.29) is 5.91 Å². The Balaban J connectivity index is 2.11. The normalized spacial score (nSPS) is 21.7. The van der Waals surface area contributed by atoms with E-state index in [0.717, 1.165) is 43.0 Å². The molecule has 2 N–H and O–H groups in total. The molecule has 1 aromatic carbocycles. The van der Waals surface area contributed by atoms with E-state index in [1.807, 2.05) is 18.2 Å². The van der Waals surface area contributed by atoms with Crippen molar-refractivity contribution in [1.82, 2.24) is 0 Å². The number of carbonyl (C=O) groups excluding carboxylic acids is 1. The number of carbonyl (C=O) groups is 1. The van der Waals surface area contributed by atoms with E-state index in [1.165, 1.54) is 6.92 Å². The molecule has 2 atom stereocenters. The van der Waals surface area contributed by atoms with Crippen molar-refractivity contribution in [2.45, 2.75) is 45.3 Å². The van der Waals surface area contributed by atoms with Gasteiger partial charge in [0.05, 0.1) is 18.9 Å². The van der Waals surface area contributed by atoms with Gasteiger partial charge in [0.15, 0.2) is 0 Å². The molecule has 0 radical (unpaired) electrons. The minimum absolute atomic E-state index is 0.0803. The van der Waals surface area contributed by atoms with Crippen LogP contribution in [-0.2, 0) is 9.53 Å². The fraction of sp³-hybridized carbons (Fsp3) is 0.562. The Kier molecular flexibility index (Phi) is 5.44. The first-order chi connectivity index (χ1) is 10.1. The van der Waals surface area contributed by atoms with Crippen LogP contribution < -0.4 is 15.4 Å². The molecular formula is C16H24N2O3. The summed E-state index contributed by atoms with van der Waals surface area (Å²) in [6.07, 6.45) is 3.32. The zero-order valence-electron chi connectivity index (χ0n) is 12.9. The smallest absolute Gasteiger partial charge is 0.221 e. The topological polar surface area (TPSA) is 59.6 Å². The lowest BCUT2D eigenvalue weighted by Crippen LogP contribution is -2.33. The molecule has 5 nitrogen and oxygen atoms in total. The van der Waals surface area contributed by atoms with Crippen molar-refractivity contribution in [1.29, 1.82) is 0 Å². The summed E-state index contributed by atoms with van der Waals surface area (Å²) in [4.78, 5) is 11.2. The van der Waals surface area contributed by atoms with Crippen LogP contribution >= 0.6 is 0 Å². The molecule has 0 saturated carbocycles. The fourth-order valence-electron chi connectivity index (χ4n) is 2.62. The molecule has 21 heavy (non-hydrogen) atoms. The van der Waals surface area contributed by atoms with Crippen molar-refractivity contribution in [3.8, 4) is 5.75 Å².